The normalized spacial score (nSPS) is 10.7. The number of aromatic nitrogens is 2. The summed E-state index contributed by atoms with van der Waals surface area (Å²) >= 11 is 0. The van der Waals surface area contributed by atoms with Gasteiger partial charge in [0.2, 0.25) is 0 Å². The van der Waals surface area contributed by atoms with Gasteiger partial charge < -0.3 is 0 Å². The molecular weight excluding hydrogens is 388 g/mol. The summed E-state index contributed by atoms with van der Waals surface area (Å²) in [6, 6.07) is 7.97. The van der Waals surface area contributed by atoms with Gasteiger partial charge in [-0.1, -0.05) is 88.8 Å². The summed E-state index contributed by atoms with van der Waals surface area (Å²) in [4.78, 5) is 8.80. The SMILES string of the molecule is CCCCCC/C=C/c1ccc(C#CC#Cc2ccc(/C=C/CCCCCC)cn2)nc1. The standard InChI is InChI=1S/C30H36N2/c1-3-5-7-9-11-13-17-27-21-23-29(31-25-27)19-15-16-20-30-24-22-28(26-32-30)18-14-12-10-8-6-4-2/h13-14,17-18,21-26H,3-12H2,1-2H3/b17-13+,18-14+. The van der Waals surface area contributed by atoms with Crippen molar-refractivity contribution in [2.24, 2.45) is 0 Å². The molecule has 2 rings (SSSR count). The fourth-order valence-corrected chi connectivity index (χ4v) is 3.16. The molecule has 166 valence electrons. The first-order valence-corrected chi connectivity index (χ1v) is 12.1. The fraction of sp³-hybridized carbons (Fsp3) is 0.400. The summed E-state index contributed by atoms with van der Waals surface area (Å²) in [6.45, 7) is 4.47. The van der Waals surface area contributed by atoms with Crippen LogP contribution in [0.1, 0.15) is 101 Å². The molecule has 0 saturated heterocycles. The Labute approximate surface area is 195 Å². The molecule has 0 aliphatic carbocycles. The molecule has 0 bridgehead atoms. The first-order valence-electron chi connectivity index (χ1n) is 12.1. The first kappa shape index (κ1) is 25.2. The lowest BCUT2D eigenvalue weighted by Gasteiger charge is -1.95. The summed E-state index contributed by atoms with van der Waals surface area (Å²) in [5, 5.41) is 0. The average Bonchev–Trinajstić information content (AvgIpc) is 2.83. The number of hydrogen-bond donors (Lipinski definition) is 0. The van der Waals surface area contributed by atoms with Crippen molar-refractivity contribution in [3.05, 3.63) is 71.3 Å². The topological polar surface area (TPSA) is 25.8 Å². The van der Waals surface area contributed by atoms with Gasteiger partial charge in [-0.25, -0.2) is 9.97 Å². The largest absolute Gasteiger partial charge is 0.247 e. The van der Waals surface area contributed by atoms with Gasteiger partial charge in [0.25, 0.3) is 0 Å². The molecule has 0 fully saturated rings. The van der Waals surface area contributed by atoms with Crippen LogP contribution < -0.4 is 0 Å². The second-order valence-electron chi connectivity index (χ2n) is 7.96. The van der Waals surface area contributed by atoms with Crippen molar-refractivity contribution in [3.8, 4) is 23.7 Å². The van der Waals surface area contributed by atoms with Crippen LogP contribution in [0.3, 0.4) is 0 Å². The van der Waals surface area contributed by atoms with Crippen molar-refractivity contribution in [1.29, 1.82) is 0 Å². The van der Waals surface area contributed by atoms with Crippen LogP contribution in [0.15, 0.2) is 48.8 Å². The molecule has 0 amide bonds. The quantitative estimate of drug-likeness (QED) is 0.256. The Morgan fingerprint density at radius 2 is 1.09 bits per heavy atom. The Kier molecular flexibility index (Phi) is 13.0. The molecule has 0 aromatic carbocycles. The molecule has 0 N–H and O–H groups in total. The highest BCUT2D eigenvalue weighted by Gasteiger charge is 1.92. The maximum absolute atomic E-state index is 4.40. The Morgan fingerprint density at radius 3 is 1.47 bits per heavy atom. The summed E-state index contributed by atoms with van der Waals surface area (Å²) in [5.74, 6) is 11.7. The van der Waals surface area contributed by atoms with Crippen LogP contribution in [0.25, 0.3) is 12.2 Å². The molecule has 0 saturated carbocycles. The third-order valence-electron chi connectivity index (χ3n) is 5.09. The van der Waals surface area contributed by atoms with Gasteiger partial charge in [0.15, 0.2) is 0 Å². The lowest BCUT2D eigenvalue weighted by Crippen LogP contribution is -1.83. The molecule has 0 aliphatic rings. The molecule has 0 atom stereocenters. The zero-order valence-electron chi connectivity index (χ0n) is 19.7. The third-order valence-corrected chi connectivity index (χ3v) is 5.09. The summed E-state index contributed by atoms with van der Waals surface area (Å²) in [5.41, 5.74) is 3.67. The minimum Gasteiger partial charge on any atom is -0.247 e. The van der Waals surface area contributed by atoms with Crippen LogP contribution in [0, 0.1) is 23.7 Å². The van der Waals surface area contributed by atoms with Gasteiger partial charge in [-0.2, -0.15) is 0 Å². The monoisotopic (exact) mass is 424 g/mol. The molecule has 0 aliphatic heterocycles. The predicted molar refractivity (Wildman–Crippen MR) is 138 cm³/mol. The zero-order valence-corrected chi connectivity index (χ0v) is 19.7. The van der Waals surface area contributed by atoms with Crippen molar-refractivity contribution in [2.45, 2.75) is 78.1 Å². The minimum atomic E-state index is 0.728. The van der Waals surface area contributed by atoms with Crippen molar-refractivity contribution >= 4 is 12.2 Å². The lowest BCUT2D eigenvalue weighted by atomic mass is 10.1. The Hall–Kier alpha value is -3.10. The maximum atomic E-state index is 4.40. The number of unbranched alkanes of at least 4 members (excludes halogenated alkanes) is 8. The Balaban J connectivity index is 1.78. The van der Waals surface area contributed by atoms with Gasteiger partial charge in [-0.15, -0.1) is 0 Å². The van der Waals surface area contributed by atoms with Crippen LogP contribution in [-0.4, -0.2) is 9.97 Å². The molecule has 0 spiro atoms. The number of hydrogen-bond acceptors (Lipinski definition) is 2. The Morgan fingerprint density at radius 1 is 0.625 bits per heavy atom. The van der Waals surface area contributed by atoms with Gasteiger partial charge in [0.1, 0.15) is 11.4 Å². The highest BCUT2D eigenvalue weighted by atomic mass is 14.7. The van der Waals surface area contributed by atoms with E-state index in [9.17, 15) is 0 Å². The van der Waals surface area contributed by atoms with Gasteiger partial charge >= 0.3 is 0 Å². The highest BCUT2D eigenvalue weighted by molar-refractivity contribution is 5.50. The van der Waals surface area contributed by atoms with Crippen molar-refractivity contribution in [1.82, 2.24) is 9.97 Å². The van der Waals surface area contributed by atoms with Crippen LogP contribution >= 0.6 is 0 Å². The van der Waals surface area contributed by atoms with E-state index in [0.717, 1.165) is 35.4 Å². The predicted octanol–water partition coefficient (Wildman–Crippen LogP) is 7.85. The third kappa shape index (κ3) is 11.3. The van der Waals surface area contributed by atoms with E-state index >= 15 is 0 Å². The van der Waals surface area contributed by atoms with E-state index in [1.807, 2.05) is 36.7 Å². The second-order valence-corrected chi connectivity index (χ2v) is 7.96. The van der Waals surface area contributed by atoms with Crippen LogP contribution in [-0.2, 0) is 0 Å². The van der Waals surface area contributed by atoms with E-state index in [1.165, 1.54) is 51.4 Å². The van der Waals surface area contributed by atoms with Gasteiger partial charge in [-0.3, -0.25) is 0 Å². The Bertz CT molecular complexity index is 861. The molecule has 2 heteroatoms. The first-order chi connectivity index (χ1) is 15.8. The molecule has 0 radical (unpaired) electrons. The molecule has 2 aromatic heterocycles. The molecular formula is C30H36N2. The average molecular weight is 425 g/mol. The van der Waals surface area contributed by atoms with E-state index in [2.05, 4.69) is 71.8 Å². The van der Waals surface area contributed by atoms with E-state index in [0.29, 0.717) is 0 Å². The van der Waals surface area contributed by atoms with Crippen LogP contribution in [0.4, 0.5) is 0 Å². The van der Waals surface area contributed by atoms with E-state index in [4.69, 9.17) is 0 Å². The van der Waals surface area contributed by atoms with Crippen molar-refractivity contribution < 1.29 is 0 Å². The number of pyridine rings is 2. The van der Waals surface area contributed by atoms with E-state index < -0.39 is 0 Å². The minimum absolute atomic E-state index is 0.728. The maximum Gasteiger partial charge on any atom is 0.114 e. The number of allylic oxidation sites excluding steroid dienone is 2. The van der Waals surface area contributed by atoms with Crippen molar-refractivity contribution in [3.63, 3.8) is 0 Å². The van der Waals surface area contributed by atoms with Crippen LogP contribution in [0.2, 0.25) is 0 Å². The highest BCUT2D eigenvalue weighted by Crippen LogP contribution is 2.08. The smallest absolute Gasteiger partial charge is 0.114 e. The van der Waals surface area contributed by atoms with Gasteiger partial charge in [0, 0.05) is 12.4 Å². The van der Waals surface area contributed by atoms with E-state index in [-0.39, 0.29) is 0 Å². The summed E-state index contributed by atoms with van der Waals surface area (Å²) in [7, 11) is 0. The summed E-state index contributed by atoms with van der Waals surface area (Å²) in [6.07, 6.45) is 25.0. The molecule has 32 heavy (non-hydrogen) atoms. The van der Waals surface area contributed by atoms with Gasteiger partial charge in [0.05, 0.1) is 0 Å². The second kappa shape index (κ2) is 16.6. The fourth-order valence-electron chi connectivity index (χ4n) is 3.16. The molecule has 2 heterocycles. The molecule has 2 nitrogen and oxygen atoms in total. The van der Waals surface area contributed by atoms with Crippen LogP contribution in [0.5, 0.6) is 0 Å². The summed E-state index contributed by atoms with van der Waals surface area (Å²) < 4.78 is 0. The van der Waals surface area contributed by atoms with Crippen molar-refractivity contribution in [2.75, 3.05) is 0 Å². The number of nitrogens with zero attached hydrogens (tertiary/aromatic N) is 2. The molecule has 0 unspecified atom stereocenters. The van der Waals surface area contributed by atoms with Gasteiger partial charge in [-0.05, 0) is 72.6 Å². The number of rotatable bonds is 12. The lowest BCUT2D eigenvalue weighted by molar-refractivity contribution is 0.675. The molecule has 2 aromatic rings. The zero-order chi connectivity index (χ0) is 22.7. The van der Waals surface area contributed by atoms with E-state index in [1.54, 1.807) is 0 Å².